The maximum absolute atomic E-state index is 12.5. The van der Waals surface area contributed by atoms with Crippen molar-refractivity contribution in [3.63, 3.8) is 0 Å². The van der Waals surface area contributed by atoms with E-state index in [1.807, 2.05) is 23.6 Å². The van der Waals surface area contributed by atoms with Crippen molar-refractivity contribution in [1.82, 2.24) is 20.4 Å². The van der Waals surface area contributed by atoms with E-state index >= 15 is 0 Å². The van der Waals surface area contributed by atoms with Crippen LogP contribution in [0.3, 0.4) is 0 Å². The van der Waals surface area contributed by atoms with E-state index in [2.05, 4.69) is 29.5 Å². The van der Waals surface area contributed by atoms with E-state index in [1.165, 1.54) is 0 Å². The Balaban J connectivity index is 1.86. The minimum Gasteiger partial charge on any atom is -0.354 e. The Kier molecular flexibility index (Phi) is 5.72. The molecule has 1 saturated carbocycles. The number of hydrogen-bond acceptors (Lipinski definition) is 3. The predicted molar refractivity (Wildman–Crippen MR) is 94.7 cm³/mol. The highest BCUT2D eigenvalue weighted by Crippen LogP contribution is 2.28. The molecule has 1 saturated heterocycles. The molecule has 1 heterocycles. The topological polar surface area (TPSA) is 77.0 Å². The molecule has 0 atom stereocenters. The van der Waals surface area contributed by atoms with E-state index < -0.39 is 0 Å². The third-order valence-electron chi connectivity index (χ3n) is 4.51. The van der Waals surface area contributed by atoms with Gasteiger partial charge in [-0.15, -0.1) is 0 Å². The van der Waals surface area contributed by atoms with Gasteiger partial charge in [-0.2, -0.15) is 0 Å². The lowest BCUT2D eigenvalue weighted by atomic mass is 9.96. The SMILES string of the molecule is CN=C(NCCNC(=O)C1CC1)N1CC(=O)N(C(C)C)C(C)(C)C1. The molecule has 1 aliphatic heterocycles. The molecule has 2 aliphatic rings. The Bertz CT molecular complexity index is 511. The third kappa shape index (κ3) is 4.39. The first kappa shape index (κ1) is 18.5. The lowest BCUT2D eigenvalue weighted by Gasteiger charge is -2.49. The van der Waals surface area contributed by atoms with Gasteiger partial charge in [0.05, 0.1) is 12.1 Å². The van der Waals surface area contributed by atoms with Crippen molar-refractivity contribution in [2.45, 2.75) is 52.1 Å². The summed E-state index contributed by atoms with van der Waals surface area (Å²) in [5.41, 5.74) is -0.249. The number of nitrogens with one attached hydrogen (secondary N) is 2. The van der Waals surface area contributed by atoms with Crippen LogP contribution in [0.25, 0.3) is 0 Å². The smallest absolute Gasteiger partial charge is 0.242 e. The Morgan fingerprint density at radius 3 is 2.42 bits per heavy atom. The first-order chi connectivity index (χ1) is 11.3. The molecule has 2 N–H and O–H groups in total. The molecular formula is C17H31N5O2. The molecule has 7 heteroatoms. The van der Waals surface area contributed by atoms with Crippen molar-refractivity contribution in [2.75, 3.05) is 33.2 Å². The summed E-state index contributed by atoms with van der Waals surface area (Å²) in [5.74, 6) is 1.20. The standard InChI is InChI=1S/C17H31N5O2/c1-12(2)22-14(23)10-21(11-17(22,3)4)16(18-5)20-9-8-19-15(24)13-6-7-13/h12-13H,6-11H2,1-5H3,(H,18,20)(H,19,24). The van der Waals surface area contributed by atoms with Crippen LogP contribution < -0.4 is 10.6 Å². The molecule has 0 aromatic carbocycles. The fourth-order valence-corrected chi connectivity index (χ4v) is 3.50. The van der Waals surface area contributed by atoms with Crippen LogP contribution in [0.1, 0.15) is 40.5 Å². The summed E-state index contributed by atoms with van der Waals surface area (Å²) in [4.78, 5) is 32.4. The number of guanidine groups is 1. The van der Waals surface area contributed by atoms with Gasteiger partial charge in [0.1, 0.15) is 0 Å². The van der Waals surface area contributed by atoms with Crippen LogP contribution in [-0.2, 0) is 9.59 Å². The zero-order valence-corrected chi connectivity index (χ0v) is 15.6. The van der Waals surface area contributed by atoms with Gasteiger partial charge in [0.25, 0.3) is 0 Å². The molecule has 7 nitrogen and oxygen atoms in total. The summed E-state index contributed by atoms with van der Waals surface area (Å²) >= 11 is 0. The maximum Gasteiger partial charge on any atom is 0.242 e. The molecule has 136 valence electrons. The predicted octanol–water partition coefficient (Wildman–Crippen LogP) is 0.419. The maximum atomic E-state index is 12.5. The Morgan fingerprint density at radius 2 is 1.92 bits per heavy atom. The normalized spacial score (nSPS) is 21.2. The van der Waals surface area contributed by atoms with Gasteiger partial charge in [0.15, 0.2) is 5.96 Å². The van der Waals surface area contributed by atoms with Crippen LogP contribution in [0.2, 0.25) is 0 Å². The Hall–Kier alpha value is -1.79. The number of piperazine rings is 1. The Morgan fingerprint density at radius 1 is 1.29 bits per heavy atom. The van der Waals surface area contributed by atoms with E-state index in [0.717, 1.165) is 19.4 Å². The van der Waals surface area contributed by atoms with Gasteiger partial charge in [0, 0.05) is 38.6 Å². The molecule has 0 aromatic heterocycles. The number of aliphatic imine (C=N–C) groups is 1. The average molecular weight is 337 g/mol. The second-order valence-electron chi connectivity index (χ2n) is 7.57. The molecular weight excluding hydrogens is 306 g/mol. The second kappa shape index (κ2) is 7.40. The largest absolute Gasteiger partial charge is 0.354 e. The minimum absolute atomic E-state index is 0.117. The van der Waals surface area contributed by atoms with Crippen LogP contribution >= 0.6 is 0 Å². The van der Waals surface area contributed by atoms with Gasteiger partial charge in [-0.3, -0.25) is 14.6 Å². The molecule has 0 unspecified atom stereocenters. The first-order valence-electron chi connectivity index (χ1n) is 8.81. The molecule has 2 rings (SSSR count). The highest BCUT2D eigenvalue weighted by molar-refractivity contribution is 5.88. The average Bonchev–Trinajstić information content (AvgIpc) is 3.29. The van der Waals surface area contributed by atoms with Gasteiger partial charge < -0.3 is 20.4 Å². The fourth-order valence-electron chi connectivity index (χ4n) is 3.50. The summed E-state index contributed by atoms with van der Waals surface area (Å²) in [6.45, 7) is 10.5. The number of nitrogens with zero attached hydrogens (tertiary/aromatic N) is 3. The summed E-state index contributed by atoms with van der Waals surface area (Å²) < 4.78 is 0. The first-order valence-corrected chi connectivity index (χ1v) is 8.81. The minimum atomic E-state index is -0.249. The van der Waals surface area contributed by atoms with Gasteiger partial charge >= 0.3 is 0 Å². The monoisotopic (exact) mass is 337 g/mol. The summed E-state index contributed by atoms with van der Waals surface area (Å²) in [7, 11) is 1.72. The lowest BCUT2D eigenvalue weighted by Crippen LogP contribution is -2.66. The molecule has 24 heavy (non-hydrogen) atoms. The van der Waals surface area contributed by atoms with Gasteiger partial charge in [-0.25, -0.2) is 0 Å². The highest BCUT2D eigenvalue weighted by Gasteiger charge is 2.40. The van der Waals surface area contributed by atoms with E-state index in [4.69, 9.17) is 0 Å². The number of carbonyl (C=O) groups is 2. The number of carbonyl (C=O) groups excluding carboxylic acids is 2. The van der Waals surface area contributed by atoms with Crippen molar-refractivity contribution >= 4 is 17.8 Å². The second-order valence-corrected chi connectivity index (χ2v) is 7.57. The Labute approximate surface area is 144 Å². The zero-order valence-electron chi connectivity index (χ0n) is 15.6. The molecule has 2 amide bonds. The van der Waals surface area contributed by atoms with Crippen LogP contribution in [-0.4, -0.2) is 72.4 Å². The van der Waals surface area contributed by atoms with Crippen LogP contribution in [0.5, 0.6) is 0 Å². The molecule has 2 fully saturated rings. The van der Waals surface area contributed by atoms with E-state index in [1.54, 1.807) is 7.05 Å². The van der Waals surface area contributed by atoms with E-state index in [0.29, 0.717) is 25.6 Å². The van der Waals surface area contributed by atoms with E-state index in [9.17, 15) is 9.59 Å². The van der Waals surface area contributed by atoms with Crippen molar-refractivity contribution < 1.29 is 9.59 Å². The van der Waals surface area contributed by atoms with Crippen LogP contribution in [0.15, 0.2) is 4.99 Å². The summed E-state index contributed by atoms with van der Waals surface area (Å²) in [6, 6.07) is 0.183. The van der Waals surface area contributed by atoms with Crippen molar-refractivity contribution in [1.29, 1.82) is 0 Å². The summed E-state index contributed by atoms with van der Waals surface area (Å²) in [5, 5.41) is 6.17. The van der Waals surface area contributed by atoms with Crippen LogP contribution in [0, 0.1) is 5.92 Å². The number of hydrogen-bond donors (Lipinski definition) is 2. The third-order valence-corrected chi connectivity index (χ3v) is 4.51. The zero-order chi connectivity index (χ0) is 17.9. The molecule has 0 spiro atoms. The molecule has 1 aliphatic carbocycles. The quantitative estimate of drug-likeness (QED) is 0.433. The van der Waals surface area contributed by atoms with Gasteiger partial charge in [0.2, 0.25) is 11.8 Å². The molecule has 0 radical (unpaired) electrons. The summed E-state index contributed by atoms with van der Waals surface area (Å²) in [6.07, 6.45) is 2.02. The van der Waals surface area contributed by atoms with Crippen molar-refractivity contribution in [2.24, 2.45) is 10.9 Å². The van der Waals surface area contributed by atoms with Crippen LogP contribution in [0.4, 0.5) is 0 Å². The van der Waals surface area contributed by atoms with E-state index in [-0.39, 0.29) is 29.3 Å². The molecule has 0 bridgehead atoms. The lowest BCUT2D eigenvalue weighted by molar-refractivity contribution is -0.145. The van der Waals surface area contributed by atoms with Crippen molar-refractivity contribution in [3.8, 4) is 0 Å². The molecule has 0 aromatic rings. The van der Waals surface area contributed by atoms with Gasteiger partial charge in [-0.1, -0.05) is 0 Å². The number of rotatable bonds is 5. The van der Waals surface area contributed by atoms with Crippen molar-refractivity contribution in [3.05, 3.63) is 0 Å². The number of amides is 2. The fraction of sp³-hybridized carbons (Fsp3) is 0.824. The highest BCUT2D eigenvalue weighted by atomic mass is 16.2. The van der Waals surface area contributed by atoms with Gasteiger partial charge in [-0.05, 0) is 40.5 Å².